The van der Waals surface area contributed by atoms with Crippen LogP contribution in [0.5, 0.6) is 0 Å². The number of carboxylic acid groups (broad SMARTS) is 1. The van der Waals surface area contributed by atoms with Gasteiger partial charge in [0.25, 0.3) is 0 Å². The monoisotopic (exact) mass is 264 g/mol. The van der Waals surface area contributed by atoms with E-state index in [0.717, 1.165) is 4.90 Å². The van der Waals surface area contributed by atoms with Gasteiger partial charge in [-0.3, -0.25) is 14.4 Å². The van der Waals surface area contributed by atoms with E-state index in [9.17, 15) is 14.4 Å². The van der Waals surface area contributed by atoms with Gasteiger partial charge in [0.1, 0.15) is 5.92 Å². The number of carbonyl (C=O) groups excluding carboxylic acids is 2. The summed E-state index contributed by atoms with van der Waals surface area (Å²) >= 11 is 0. The number of likely N-dealkylation sites (N-methyl/N-ethyl adjacent to an activating group) is 1. The molecule has 0 aliphatic heterocycles. The smallest absolute Gasteiger partial charge is 0.315 e. The number of benzene rings is 1. The molecule has 1 rings (SSSR count). The zero-order valence-corrected chi connectivity index (χ0v) is 10.8. The van der Waals surface area contributed by atoms with Crippen molar-refractivity contribution in [2.75, 3.05) is 18.9 Å². The number of aliphatic carboxylic acids is 1. The molecule has 0 fully saturated rings. The molecule has 0 radical (unpaired) electrons. The van der Waals surface area contributed by atoms with Crippen molar-refractivity contribution in [2.24, 2.45) is 5.92 Å². The van der Waals surface area contributed by atoms with Gasteiger partial charge in [0.05, 0.1) is 6.54 Å². The average molecular weight is 264 g/mol. The highest BCUT2D eigenvalue weighted by Crippen LogP contribution is 2.06. The molecule has 1 atom stereocenters. The second-order valence-electron chi connectivity index (χ2n) is 4.17. The Labute approximate surface area is 111 Å². The quantitative estimate of drug-likeness (QED) is 0.770. The zero-order valence-electron chi connectivity index (χ0n) is 10.8. The van der Waals surface area contributed by atoms with Crippen molar-refractivity contribution >= 4 is 23.5 Å². The van der Waals surface area contributed by atoms with Crippen LogP contribution in [0.4, 0.5) is 5.69 Å². The van der Waals surface area contributed by atoms with Crippen LogP contribution in [0, 0.1) is 5.92 Å². The molecule has 2 amide bonds. The van der Waals surface area contributed by atoms with Crippen LogP contribution in [0.1, 0.15) is 6.92 Å². The fraction of sp³-hybridized carbons (Fsp3) is 0.308. The summed E-state index contributed by atoms with van der Waals surface area (Å²) in [6.07, 6.45) is 0. The maximum Gasteiger partial charge on any atom is 0.315 e. The molecule has 6 nitrogen and oxygen atoms in total. The minimum Gasteiger partial charge on any atom is -0.481 e. The lowest BCUT2D eigenvalue weighted by Gasteiger charge is -2.18. The molecular formula is C13H16N2O4. The number of nitrogens with one attached hydrogen (secondary N) is 1. The van der Waals surface area contributed by atoms with Gasteiger partial charge < -0.3 is 15.3 Å². The molecule has 0 bridgehead atoms. The van der Waals surface area contributed by atoms with E-state index < -0.39 is 17.8 Å². The molecule has 0 saturated heterocycles. The van der Waals surface area contributed by atoms with Crippen LogP contribution in [0.25, 0.3) is 0 Å². The van der Waals surface area contributed by atoms with Gasteiger partial charge in [0.15, 0.2) is 0 Å². The largest absolute Gasteiger partial charge is 0.481 e. The number of carboxylic acids is 1. The van der Waals surface area contributed by atoms with Crippen molar-refractivity contribution in [3.8, 4) is 0 Å². The van der Waals surface area contributed by atoms with Gasteiger partial charge in [-0.05, 0) is 19.1 Å². The Morgan fingerprint density at radius 1 is 1.26 bits per heavy atom. The summed E-state index contributed by atoms with van der Waals surface area (Å²) in [5.41, 5.74) is 0.625. The van der Waals surface area contributed by atoms with E-state index in [1.165, 1.54) is 14.0 Å². The lowest BCUT2D eigenvalue weighted by atomic mass is 10.1. The van der Waals surface area contributed by atoms with E-state index in [1.807, 2.05) is 6.07 Å². The minimum absolute atomic E-state index is 0.189. The Balaban J connectivity index is 2.53. The molecular weight excluding hydrogens is 248 g/mol. The second kappa shape index (κ2) is 6.53. The summed E-state index contributed by atoms with van der Waals surface area (Å²) in [5.74, 6) is -3.34. The molecule has 19 heavy (non-hydrogen) atoms. The van der Waals surface area contributed by atoms with Gasteiger partial charge in [0.2, 0.25) is 11.8 Å². The van der Waals surface area contributed by atoms with E-state index in [1.54, 1.807) is 24.3 Å². The first kappa shape index (κ1) is 14.7. The lowest BCUT2D eigenvalue weighted by Crippen LogP contribution is -2.40. The standard InChI is InChI=1S/C13H16N2O4/c1-9(13(18)19)12(17)15(2)8-11(16)14-10-6-4-3-5-7-10/h3-7,9H,8H2,1-2H3,(H,14,16)(H,18,19). The van der Waals surface area contributed by atoms with Gasteiger partial charge >= 0.3 is 5.97 Å². The Hall–Kier alpha value is -2.37. The number of hydrogen-bond acceptors (Lipinski definition) is 3. The zero-order chi connectivity index (χ0) is 14.4. The van der Waals surface area contributed by atoms with Crippen LogP contribution >= 0.6 is 0 Å². The number of amides is 2. The highest BCUT2D eigenvalue weighted by Gasteiger charge is 2.24. The molecule has 6 heteroatoms. The Morgan fingerprint density at radius 3 is 2.37 bits per heavy atom. The Morgan fingerprint density at radius 2 is 1.84 bits per heavy atom. The fourth-order valence-electron chi connectivity index (χ4n) is 1.45. The fourth-order valence-corrected chi connectivity index (χ4v) is 1.45. The average Bonchev–Trinajstić information content (AvgIpc) is 2.37. The molecule has 1 unspecified atom stereocenters. The van der Waals surface area contributed by atoms with E-state index >= 15 is 0 Å². The summed E-state index contributed by atoms with van der Waals surface area (Å²) in [6, 6.07) is 8.81. The number of nitrogens with zero attached hydrogens (tertiary/aromatic N) is 1. The minimum atomic E-state index is -1.21. The first-order valence-corrected chi connectivity index (χ1v) is 5.74. The molecule has 0 aliphatic rings. The van der Waals surface area contributed by atoms with Gasteiger partial charge in [0, 0.05) is 12.7 Å². The number of carbonyl (C=O) groups is 3. The van der Waals surface area contributed by atoms with Crippen molar-refractivity contribution in [2.45, 2.75) is 6.92 Å². The van der Waals surface area contributed by atoms with Crippen molar-refractivity contribution in [3.05, 3.63) is 30.3 Å². The normalized spacial score (nSPS) is 11.5. The number of anilines is 1. The molecule has 1 aromatic rings. The van der Waals surface area contributed by atoms with E-state index in [4.69, 9.17) is 5.11 Å². The van der Waals surface area contributed by atoms with Crippen LogP contribution in [-0.4, -0.2) is 41.4 Å². The van der Waals surface area contributed by atoms with Crippen LogP contribution in [0.15, 0.2) is 30.3 Å². The summed E-state index contributed by atoms with van der Waals surface area (Å²) < 4.78 is 0. The highest BCUT2D eigenvalue weighted by atomic mass is 16.4. The van der Waals surface area contributed by atoms with Crippen LogP contribution < -0.4 is 5.32 Å². The summed E-state index contributed by atoms with van der Waals surface area (Å²) in [5, 5.41) is 11.3. The Bertz CT molecular complexity index is 473. The van der Waals surface area contributed by atoms with Crippen molar-refractivity contribution in [1.29, 1.82) is 0 Å². The van der Waals surface area contributed by atoms with Crippen LogP contribution in [-0.2, 0) is 14.4 Å². The third-order valence-corrected chi connectivity index (χ3v) is 2.56. The third kappa shape index (κ3) is 4.42. The maximum atomic E-state index is 11.7. The van der Waals surface area contributed by atoms with Crippen molar-refractivity contribution in [3.63, 3.8) is 0 Å². The van der Waals surface area contributed by atoms with E-state index in [-0.39, 0.29) is 12.5 Å². The van der Waals surface area contributed by atoms with E-state index in [0.29, 0.717) is 5.69 Å². The van der Waals surface area contributed by atoms with Crippen LogP contribution in [0.3, 0.4) is 0 Å². The Kier molecular flexibility index (Phi) is 5.05. The van der Waals surface area contributed by atoms with Gasteiger partial charge in [-0.15, -0.1) is 0 Å². The van der Waals surface area contributed by atoms with Gasteiger partial charge in [-0.1, -0.05) is 18.2 Å². The first-order chi connectivity index (χ1) is 8.91. The SMILES string of the molecule is CC(C(=O)O)C(=O)N(C)CC(=O)Nc1ccccc1. The molecule has 0 saturated carbocycles. The topological polar surface area (TPSA) is 86.7 Å². The van der Waals surface area contributed by atoms with Crippen molar-refractivity contribution < 1.29 is 19.5 Å². The predicted octanol–water partition coefficient (Wildman–Crippen LogP) is 0.804. The lowest BCUT2D eigenvalue weighted by molar-refractivity contribution is -0.150. The summed E-state index contributed by atoms with van der Waals surface area (Å²) in [6.45, 7) is 1.10. The molecule has 0 spiro atoms. The first-order valence-electron chi connectivity index (χ1n) is 5.74. The highest BCUT2D eigenvalue weighted by molar-refractivity contribution is 5.99. The molecule has 2 N–H and O–H groups in total. The summed E-state index contributed by atoms with van der Waals surface area (Å²) in [7, 11) is 1.40. The number of rotatable bonds is 5. The van der Waals surface area contributed by atoms with Crippen LogP contribution in [0.2, 0.25) is 0 Å². The molecule has 0 heterocycles. The second-order valence-corrected chi connectivity index (χ2v) is 4.17. The number of hydrogen-bond donors (Lipinski definition) is 2. The molecule has 0 aliphatic carbocycles. The van der Waals surface area contributed by atoms with E-state index in [2.05, 4.69) is 5.32 Å². The third-order valence-electron chi connectivity index (χ3n) is 2.56. The molecule has 102 valence electrons. The summed E-state index contributed by atoms with van der Waals surface area (Å²) in [4.78, 5) is 35.1. The number of para-hydroxylation sites is 1. The predicted molar refractivity (Wildman–Crippen MR) is 69.5 cm³/mol. The van der Waals surface area contributed by atoms with Crippen molar-refractivity contribution in [1.82, 2.24) is 4.90 Å². The maximum absolute atomic E-state index is 11.7. The van der Waals surface area contributed by atoms with Gasteiger partial charge in [-0.25, -0.2) is 0 Å². The van der Waals surface area contributed by atoms with Gasteiger partial charge in [-0.2, -0.15) is 0 Å². The molecule has 0 aromatic heterocycles. The molecule has 1 aromatic carbocycles.